The van der Waals surface area contributed by atoms with Gasteiger partial charge in [-0.3, -0.25) is 4.98 Å². The Labute approximate surface area is 141 Å². The van der Waals surface area contributed by atoms with Crippen LogP contribution < -0.4 is 5.32 Å². The average Bonchev–Trinajstić information content (AvgIpc) is 3.08. The van der Waals surface area contributed by atoms with Gasteiger partial charge in [-0.2, -0.15) is 5.10 Å². The van der Waals surface area contributed by atoms with Crippen LogP contribution in [0.3, 0.4) is 0 Å². The van der Waals surface area contributed by atoms with Gasteiger partial charge in [0.05, 0.1) is 29.5 Å². The van der Waals surface area contributed by atoms with Gasteiger partial charge in [-0.1, -0.05) is 6.07 Å². The van der Waals surface area contributed by atoms with E-state index in [-0.39, 0.29) is 0 Å². The Bertz CT molecular complexity index is 1030. The summed E-state index contributed by atoms with van der Waals surface area (Å²) in [7, 11) is 0. The van der Waals surface area contributed by atoms with Crippen molar-refractivity contribution in [3.8, 4) is 5.69 Å². The van der Waals surface area contributed by atoms with E-state index in [1.807, 2.05) is 18.2 Å². The molecule has 4 aromatic rings. The zero-order valence-electron chi connectivity index (χ0n) is 12.9. The molecule has 0 aliphatic rings. The first-order valence-electron chi connectivity index (χ1n) is 7.50. The van der Waals surface area contributed by atoms with Gasteiger partial charge >= 0.3 is 0 Å². The highest BCUT2D eigenvalue weighted by molar-refractivity contribution is 5.87. The first kappa shape index (κ1) is 15.1. The number of pyridine rings is 1. The Morgan fingerprint density at radius 1 is 1.00 bits per heavy atom. The lowest BCUT2D eigenvalue weighted by molar-refractivity contribution is 0.507. The fourth-order valence-electron chi connectivity index (χ4n) is 2.47. The number of anilines is 1. The van der Waals surface area contributed by atoms with E-state index in [4.69, 9.17) is 0 Å². The summed E-state index contributed by atoms with van der Waals surface area (Å²) in [5.74, 6) is -1.26. The van der Waals surface area contributed by atoms with Crippen molar-refractivity contribution >= 4 is 16.9 Å². The van der Waals surface area contributed by atoms with Gasteiger partial charge in [-0.05, 0) is 24.3 Å². The summed E-state index contributed by atoms with van der Waals surface area (Å²) in [5.41, 5.74) is 1.73. The molecule has 0 aliphatic carbocycles. The van der Waals surface area contributed by atoms with Crippen molar-refractivity contribution in [3.05, 3.63) is 72.4 Å². The maximum absolute atomic E-state index is 13.5. The van der Waals surface area contributed by atoms with Crippen LogP contribution in [0.1, 0.15) is 5.69 Å². The minimum absolute atomic E-state index is 0.378. The number of aromatic nitrogens is 5. The van der Waals surface area contributed by atoms with Gasteiger partial charge in [-0.15, -0.1) is 0 Å². The van der Waals surface area contributed by atoms with Crippen molar-refractivity contribution in [2.45, 2.75) is 6.54 Å². The van der Waals surface area contributed by atoms with Crippen LogP contribution in [-0.4, -0.2) is 24.7 Å². The summed E-state index contributed by atoms with van der Waals surface area (Å²) in [6, 6.07) is 9.22. The first-order chi connectivity index (χ1) is 12.2. The van der Waals surface area contributed by atoms with Crippen molar-refractivity contribution in [1.29, 1.82) is 0 Å². The Morgan fingerprint density at radius 2 is 1.92 bits per heavy atom. The third-order valence-corrected chi connectivity index (χ3v) is 3.68. The molecule has 0 spiro atoms. The van der Waals surface area contributed by atoms with Crippen LogP contribution in [0.5, 0.6) is 0 Å². The van der Waals surface area contributed by atoms with Gasteiger partial charge in [0.2, 0.25) is 0 Å². The molecule has 0 saturated heterocycles. The minimum atomic E-state index is -0.941. The van der Waals surface area contributed by atoms with E-state index in [0.717, 1.165) is 17.8 Å². The Hall–Kier alpha value is -3.42. The number of rotatable bonds is 4. The molecule has 3 heterocycles. The minimum Gasteiger partial charge on any atom is -0.364 e. The third-order valence-electron chi connectivity index (χ3n) is 3.68. The molecule has 1 aromatic carbocycles. The molecule has 25 heavy (non-hydrogen) atoms. The second-order valence-corrected chi connectivity index (χ2v) is 5.29. The molecular formula is C17H12F2N6. The highest BCUT2D eigenvalue weighted by Crippen LogP contribution is 2.22. The molecule has 0 amide bonds. The van der Waals surface area contributed by atoms with E-state index in [9.17, 15) is 8.78 Å². The molecule has 1 N–H and O–H groups in total. The molecule has 8 heteroatoms. The van der Waals surface area contributed by atoms with Crippen LogP contribution in [0.15, 0.2) is 55.1 Å². The molecule has 0 bridgehead atoms. The van der Waals surface area contributed by atoms with E-state index in [1.54, 1.807) is 12.4 Å². The van der Waals surface area contributed by atoms with Crippen LogP contribution >= 0.6 is 0 Å². The molecule has 0 atom stereocenters. The molecule has 6 nitrogen and oxygen atoms in total. The van der Waals surface area contributed by atoms with Crippen molar-refractivity contribution in [2.24, 2.45) is 0 Å². The van der Waals surface area contributed by atoms with Gasteiger partial charge < -0.3 is 5.32 Å². The first-order valence-corrected chi connectivity index (χ1v) is 7.50. The molecule has 0 fully saturated rings. The Morgan fingerprint density at radius 3 is 2.72 bits per heavy atom. The van der Waals surface area contributed by atoms with Crippen molar-refractivity contribution < 1.29 is 8.78 Å². The second kappa shape index (κ2) is 6.23. The SMILES string of the molecule is Fc1ccc(-n2ncc3c(NCc4ccccn4)ncnc32)cc1F. The number of hydrogen-bond donors (Lipinski definition) is 1. The summed E-state index contributed by atoms with van der Waals surface area (Å²) in [5, 5.41) is 8.08. The van der Waals surface area contributed by atoms with Crippen molar-refractivity contribution in [2.75, 3.05) is 5.32 Å². The number of nitrogens with one attached hydrogen (secondary N) is 1. The van der Waals surface area contributed by atoms with Crippen molar-refractivity contribution in [3.63, 3.8) is 0 Å². The molecular weight excluding hydrogens is 326 g/mol. The van der Waals surface area contributed by atoms with E-state index >= 15 is 0 Å². The number of nitrogens with zero attached hydrogens (tertiary/aromatic N) is 5. The predicted molar refractivity (Wildman–Crippen MR) is 88.1 cm³/mol. The van der Waals surface area contributed by atoms with E-state index in [1.165, 1.54) is 17.1 Å². The van der Waals surface area contributed by atoms with Crippen LogP contribution in [0, 0.1) is 11.6 Å². The molecule has 4 rings (SSSR count). The third kappa shape index (κ3) is 2.89. The standard InChI is InChI=1S/C17H12F2N6/c18-14-5-4-12(7-15(14)19)25-17-13(9-24-25)16(22-10-23-17)21-8-11-3-1-2-6-20-11/h1-7,9-10H,8H2,(H,21,22,23). The fourth-order valence-corrected chi connectivity index (χ4v) is 2.47. The zero-order valence-corrected chi connectivity index (χ0v) is 12.9. The zero-order chi connectivity index (χ0) is 17.2. The number of fused-ring (bicyclic) bond motifs is 1. The summed E-state index contributed by atoms with van der Waals surface area (Å²) in [6.07, 6.45) is 4.69. The lowest BCUT2D eigenvalue weighted by Crippen LogP contribution is -2.04. The van der Waals surface area contributed by atoms with Crippen LogP contribution in [0.4, 0.5) is 14.6 Å². The van der Waals surface area contributed by atoms with Gasteiger partial charge in [0.15, 0.2) is 17.3 Å². The lowest BCUT2D eigenvalue weighted by Gasteiger charge is -2.07. The molecule has 0 aliphatic heterocycles. The molecule has 124 valence electrons. The van der Waals surface area contributed by atoms with Crippen LogP contribution in [0.2, 0.25) is 0 Å². The fraction of sp³-hybridized carbons (Fsp3) is 0.0588. The smallest absolute Gasteiger partial charge is 0.168 e. The highest BCUT2D eigenvalue weighted by Gasteiger charge is 2.12. The summed E-state index contributed by atoms with van der Waals surface area (Å²) >= 11 is 0. The molecule has 0 radical (unpaired) electrons. The highest BCUT2D eigenvalue weighted by atomic mass is 19.2. The van der Waals surface area contributed by atoms with E-state index < -0.39 is 11.6 Å². The maximum atomic E-state index is 13.5. The van der Waals surface area contributed by atoms with E-state index in [0.29, 0.717) is 29.1 Å². The predicted octanol–water partition coefficient (Wildman–Crippen LogP) is 3.10. The van der Waals surface area contributed by atoms with Gasteiger partial charge in [0, 0.05) is 12.3 Å². The maximum Gasteiger partial charge on any atom is 0.168 e. The van der Waals surface area contributed by atoms with Gasteiger partial charge in [0.1, 0.15) is 12.1 Å². The Balaban J connectivity index is 1.69. The van der Waals surface area contributed by atoms with Crippen LogP contribution in [0.25, 0.3) is 16.7 Å². The van der Waals surface area contributed by atoms with Gasteiger partial charge in [-0.25, -0.2) is 23.4 Å². The largest absolute Gasteiger partial charge is 0.364 e. The summed E-state index contributed by atoms with van der Waals surface area (Å²) < 4.78 is 28.1. The summed E-state index contributed by atoms with van der Waals surface area (Å²) in [6.45, 7) is 0.489. The quantitative estimate of drug-likeness (QED) is 0.619. The lowest BCUT2D eigenvalue weighted by atomic mass is 10.3. The van der Waals surface area contributed by atoms with E-state index in [2.05, 4.69) is 25.4 Å². The van der Waals surface area contributed by atoms with Crippen LogP contribution in [-0.2, 0) is 6.54 Å². The van der Waals surface area contributed by atoms with Crippen molar-refractivity contribution in [1.82, 2.24) is 24.7 Å². The molecule has 3 aromatic heterocycles. The molecule has 0 saturated carbocycles. The molecule has 0 unspecified atom stereocenters. The Kier molecular flexibility index (Phi) is 3.77. The second-order valence-electron chi connectivity index (χ2n) is 5.29. The topological polar surface area (TPSA) is 68.5 Å². The summed E-state index contributed by atoms with van der Waals surface area (Å²) in [4.78, 5) is 12.7. The number of halogens is 2. The average molecular weight is 338 g/mol. The normalized spacial score (nSPS) is 11.0. The number of benzene rings is 1. The van der Waals surface area contributed by atoms with Gasteiger partial charge in [0.25, 0.3) is 0 Å². The number of hydrogen-bond acceptors (Lipinski definition) is 5. The monoisotopic (exact) mass is 338 g/mol.